The van der Waals surface area contributed by atoms with Crippen molar-refractivity contribution in [2.75, 3.05) is 6.54 Å². The van der Waals surface area contributed by atoms with Crippen LogP contribution in [-0.4, -0.2) is 33.5 Å². The van der Waals surface area contributed by atoms with Crippen LogP contribution in [0.2, 0.25) is 0 Å². The summed E-state index contributed by atoms with van der Waals surface area (Å²) in [5, 5.41) is 0. The fraction of sp³-hybridized carbons (Fsp3) is 0.750. The molecule has 1 aromatic heterocycles. The van der Waals surface area contributed by atoms with Gasteiger partial charge in [-0.05, 0) is 47.1 Å². The molecule has 0 saturated carbocycles. The first-order chi connectivity index (χ1) is 7.11. The lowest BCUT2D eigenvalue weighted by Crippen LogP contribution is -2.37. The number of aryl methyl sites for hydroxylation is 1. The fourth-order valence-corrected chi connectivity index (χ4v) is 1.99. The molecule has 1 N–H and O–H groups in total. The minimum atomic E-state index is 0.631. The van der Waals surface area contributed by atoms with Crippen LogP contribution in [-0.2, 0) is 6.42 Å². The molecule has 0 aliphatic carbocycles. The van der Waals surface area contributed by atoms with Crippen molar-refractivity contribution >= 4 is 0 Å². The molecule has 1 aromatic rings. The summed E-state index contributed by atoms with van der Waals surface area (Å²) in [5.74, 6) is 0. The molecule has 3 heteroatoms. The summed E-state index contributed by atoms with van der Waals surface area (Å²) in [6.45, 7) is 10.2. The second kappa shape index (κ2) is 5.91. The van der Waals surface area contributed by atoms with Crippen molar-refractivity contribution in [1.82, 2.24) is 14.9 Å². The van der Waals surface area contributed by atoms with Crippen LogP contribution in [0, 0.1) is 0 Å². The molecule has 0 aliphatic rings. The highest BCUT2D eigenvalue weighted by Crippen LogP contribution is 2.07. The standard InChI is InChI=1S/C12H23N3/c1-10(2)15(11(3)4)7-5-6-12-8-13-9-14-12/h8-11H,5-7H2,1-4H3,(H,13,14). The van der Waals surface area contributed by atoms with Crippen LogP contribution in [0.3, 0.4) is 0 Å². The Morgan fingerprint density at radius 2 is 1.93 bits per heavy atom. The number of rotatable bonds is 6. The predicted octanol–water partition coefficient (Wildman–Crippen LogP) is 2.46. The molecule has 3 nitrogen and oxygen atoms in total. The smallest absolute Gasteiger partial charge is 0.0921 e. The zero-order chi connectivity index (χ0) is 11.3. The van der Waals surface area contributed by atoms with E-state index >= 15 is 0 Å². The molecule has 0 radical (unpaired) electrons. The number of aromatic nitrogens is 2. The van der Waals surface area contributed by atoms with E-state index in [1.165, 1.54) is 12.1 Å². The summed E-state index contributed by atoms with van der Waals surface area (Å²) in [6.07, 6.45) is 5.95. The maximum absolute atomic E-state index is 4.02. The first-order valence-electron chi connectivity index (χ1n) is 5.84. The first-order valence-corrected chi connectivity index (χ1v) is 5.84. The minimum absolute atomic E-state index is 0.631. The Bertz CT molecular complexity index is 244. The number of hydrogen-bond acceptors (Lipinski definition) is 2. The zero-order valence-corrected chi connectivity index (χ0v) is 10.3. The Hall–Kier alpha value is -0.830. The molecular weight excluding hydrogens is 186 g/mol. The van der Waals surface area contributed by atoms with Crippen LogP contribution < -0.4 is 0 Å². The van der Waals surface area contributed by atoms with E-state index in [-0.39, 0.29) is 0 Å². The lowest BCUT2D eigenvalue weighted by Gasteiger charge is -2.30. The number of H-pyrrole nitrogens is 1. The molecule has 0 bridgehead atoms. The minimum Gasteiger partial charge on any atom is -0.348 e. The second-order valence-electron chi connectivity index (χ2n) is 4.61. The van der Waals surface area contributed by atoms with Gasteiger partial charge in [0.05, 0.1) is 6.33 Å². The van der Waals surface area contributed by atoms with Crippen LogP contribution >= 0.6 is 0 Å². The Labute approximate surface area is 92.9 Å². The fourth-order valence-electron chi connectivity index (χ4n) is 1.99. The van der Waals surface area contributed by atoms with Crippen molar-refractivity contribution in [1.29, 1.82) is 0 Å². The van der Waals surface area contributed by atoms with Gasteiger partial charge in [0.15, 0.2) is 0 Å². The Balaban J connectivity index is 2.28. The van der Waals surface area contributed by atoms with E-state index in [1.54, 1.807) is 6.33 Å². The summed E-state index contributed by atoms with van der Waals surface area (Å²) in [6, 6.07) is 1.26. The Morgan fingerprint density at radius 3 is 2.40 bits per heavy atom. The van der Waals surface area contributed by atoms with E-state index in [2.05, 4.69) is 42.6 Å². The maximum Gasteiger partial charge on any atom is 0.0921 e. The molecule has 1 rings (SSSR count). The molecule has 0 unspecified atom stereocenters. The van der Waals surface area contributed by atoms with Gasteiger partial charge < -0.3 is 4.98 Å². The van der Waals surface area contributed by atoms with Crippen molar-refractivity contribution in [2.24, 2.45) is 0 Å². The molecule has 0 amide bonds. The first kappa shape index (κ1) is 12.2. The number of nitrogens with one attached hydrogen (secondary N) is 1. The molecule has 0 aliphatic heterocycles. The van der Waals surface area contributed by atoms with E-state index in [9.17, 15) is 0 Å². The molecule has 0 fully saturated rings. The van der Waals surface area contributed by atoms with E-state index in [0.717, 1.165) is 13.0 Å². The van der Waals surface area contributed by atoms with Crippen LogP contribution in [0.5, 0.6) is 0 Å². The molecule has 15 heavy (non-hydrogen) atoms. The van der Waals surface area contributed by atoms with Gasteiger partial charge in [-0.15, -0.1) is 0 Å². The number of imidazole rings is 1. The third-order valence-electron chi connectivity index (χ3n) is 2.74. The summed E-state index contributed by atoms with van der Waals surface area (Å²) >= 11 is 0. The lowest BCUT2D eigenvalue weighted by molar-refractivity contribution is 0.173. The van der Waals surface area contributed by atoms with Gasteiger partial charge in [0.1, 0.15) is 0 Å². The van der Waals surface area contributed by atoms with E-state index in [4.69, 9.17) is 0 Å². The van der Waals surface area contributed by atoms with E-state index < -0.39 is 0 Å². The van der Waals surface area contributed by atoms with Gasteiger partial charge in [0, 0.05) is 24.0 Å². The van der Waals surface area contributed by atoms with Crippen molar-refractivity contribution < 1.29 is 0 Å². The van der Waals surface area contributed by atoms with Crippen molar-refractivity contribution in [3.8, 4) is 0 Å². The lowest BCUT2D eigenvalue weighted by atomic mass is 10.2. The molecular formula is C12H23N3. The Kier molecular flexibility index (Phi) is 4.82. The highest BCUT2D eigenvalue weighted by Gasteiger charge is 2.12. The topological polar surface area (TPSA) is 31.9 Å². The normalized spacial score (nSPS) is 11.9. The SMILES string of the molecule is CC(C)N(CCCc1cnc[nH]1)C(C)C. The maximum atomic E-state index is 4.02. The van der Waals surface area contributed by atoms with Crippen LogP contribution in [0.25, 0.3) is 0 Å². The predicted molar refractivity (Wildman–Crippen MR) is 63.9 cm³/mol. The van der Waals surface area contributed by atoms with Crippen LogP contribution in [0.4, 0.5) is 0 Å². The van der Waals surface area contributed by atoms with E-state index in [1.807, 2.05) is 6.20 Å². The molecule has 0 aromatic carbocycles. The highest BCUT2D eigenvalue weighted by molar-refractivity contribution is 4.94. The summed E-state index contributed by atoms with van der Waals surface area (Å²) in [7, 11) is 0. The summed E-state index contributed by atoms with van der Waals surface area (Å²) < 4.78 is 0. The van der Waals surface area contributed by atoms with Gasteiger partial charge in [-0.25, -0.2) is 4.98 Å². The largest absolute Gasteiger partial charge is 0.348 e. The molecule has 0 atom stereocenters. The quantitative estimate of drug-likeness (QED) is 0.780. The van der Waals surface area contributed by atoms with Gasteiger partial charge >= 0.3 is 0 Å². The van der Waals surface area contributed by atoms with Gasteiger partial charge in [-0.3, -0.25) is 4.90 Å². The molecule has 86 valence electrons. The van der Waals surface area contributed by atoms with Gasteiger partial charge in [0.25, 0.3) is 0 Å². The van der Waals surface area contributed by atoms with Crippen LogP contribution in [0.15, 0.2) is 12.5 Å². The average molecular weight is 209 g/mol. The highest BCUT2D eigenvalue weighted by atomic mass is 15.2. The third-order valence-corrected chi connectivity index (χ3v) is 2.74. The second-order valence-corrected chi connectivity index (χ2v) is 4.61. The summed E-state index contributed by atoms with van der Waals surface area (Å²) in [5.41, 5.74) is 1.24. The number of aromatic amines is 1. The number of nitrogens with zero attached hydrogens (tertiary/aromatic N) is 2. The molecule has 1 heterocycles. The average Bonchev–Trinajstić information content (AvgIpc) is 2.63. The third kappa shape index (κ3) is 4.04. The van der Waals surface area contributed by atoms with Crippen LogP contribution in [0.1, 0.15) is 39.8 Å². The molecule has 0 spiro atoms. The molecule has 0 saturated heterocycles. The van der Waals surface area contributed by atoms with Crippen molar-refractivity contribution in [3.63, 3.8) is 0 Å². The van der Waals surface area contributed by atoms with Crippen molar-refractivity contribution in [2.45, 2.75) is 52.6 Å². The van der Waals surface area contributed by atoms with Gasteiger partial charge in [-0.1, -0.05) is 0 Å². The van der Waals surface area contributed by atoms with Gasteiger partial charge in [0.2, 0.25) is 0 Å². The summed E-state index contributed by atoms with van der Waals surface area (Å²) in [4.78, 5) is 9.68. The zero-order valence-electron chi connectivity index (χ0n) is 10.3. The van der Waals surface area contributed by atoms with Gasteiger partial charge in [-0.2, -0.15) is 0 Å². The van der Waals surface area contributed by atoms with Crippen molar-refractivity contribution in [3.05, 3.63) is 18.2 Å². The number of hydrogen-bond donors (Lipinski definition) is 1. The Morgan fingerprint density at radius 1 is 1.27 bits per heavy atom. The monoisotopic (exact) mass is 209 g/mol. The van der Waals surface area contributed by atoms with E-state index in [0.29, 0.717) is 12.1 Å².